The summed E-state index contributed by atoms with van der Waals surface area (Å²) in [5.41, 5.74) is 8.75. The number of aromatic nitrogens is 2. The van der Waals surface area contributed by atoms with Crippen molar-refractivity contribution >= 4 is 65.3 Å². The predicted molar refractivity (Wildman–Crippen MR) is 199 cm³/mol. The Bertz CT molecular complexity index is 2810. The topological polar surface area (TPSA) is 54.8 Å². The third-order valence-corrected chi connectivity index (χ3v) is 9.92. The average molecular weight is 620 g/mol. The SMILES string of the molecule is CC(C)c1cc2c3ccccc3c3ccccc3c2c(C(C)C)c1-n1c(-c2cccc3c2oc2cc(C#N)ccc23)nc2ccccc21. The Morgan fingerprint density at radius 3 is 2.04 bits per heavy atom. The Labute approximate surface area is 278 Å². The van der Waals surface area contributed by atoms with Crippen molar-refractivity contribution in [1.29, 1.82) is 5.26 Å². The molecule has 0 amide bonds. The lowest BCUT2D eigenvalue weighted by Gasteiger charge is -2.26. The molecule has 2 aromatic heterocycles. The highest BCUT2D eigenvalue weighted by Gasteiger charge is 2.27. The number of imidazole rings is 1. The average Bonchev–Trinajstić information content (AvgIpc) is 3.69. The monoisotopic (exact) mass is 619 g/mol. The van der Waals surface area contributed by atoms with E-state index in [2.05, 4.69) is 135 Å². The van der Waals surface area contributed by atoms with Gasteiger partial charge in [-0.1, -0.05) is 100 Å². The summed E-state index contributed by atoms with van der Waals surface area (Å²) < 4.78 is 8.99. The van der Waals surface area contributed by atoms with Crippen LogP contribution in [0.1, 0.15) is 56.2 Å². The molecule has 2 heterocycles. The summed E-state index contributed by atoms with van der Waals surface area (Å²) in [6, 6.07) is 42.8. The third-order valence-electron chi connectivity index (χ3n) is 9.92. The lowest BCUT2D eigenvalue weighted by molar-refractivity contribution is 0.669. The zero-order valence-corrected chi connectivity index (χ0v) is 27.4. The van der Waals surface area contributed by atoms with E-state index in [0.717, 1.165) is 38.8 Å². The van der Waals surface area contributed by atoms with Gasteiger partial charge in [0.2, 0.25) is 0 Å². The van der Waals surface area contributed by atoms with Gasteiger partial charge in [0.25, 0.3) is 0 Å². The predicted octanol–water partition coefficient (Wildman–Crippen LogP) is 12.2. The smallest absolute Gasteiger partial charge is 0.149 e. The zero-order chi connectivity index (χ0) is 32.7. The van der Waals surface area contributed by atoms with E-state index in [1.54, 1.807) is 0 Å². The lowest BCUT2D eigenvalue weighted by Crippen LogP contribution is -2.10. The first-order chi connectivity index (χ1) is 23.4. The fraction of sp³-hybridized carbons (Fsp3) is 0.136. The van der Waals surface area contributed by atoms with Gasteiger partial charge in [-0.3, -0.25) is 4.57 Å². The van der Waals surface area contributed by atoms with E-state index in [-0.39, 0.29) is 11.8 Å². The molecule has 0 saturated heterocycles. The Kier molecular flexibility index (Phi) is 6.22. The van der Waals surface area contributed by atoms with Crippen LogP contribution in [-0.4, -0.2) is 9.55 Å². The molecule has 230 valence electrons. The van der Waals surface area contributed by atoms with E-state index in [1.807, 2.05) is 18.2 Å². The van der Waals surface area contributed by atoms with Gasteiger partial charge in [0, 0.05) is 10.8 Å². The van der Waals surface area contributed by atoms with Crippen molar-refractivity contribution in [2.75, 3.05) is 0 Å². The number of para-hydroxylation sites is 3. The van der Waals surface area contributed by atoms with Gasteiger partial charge in [0.05, 0.1) is 33.9 Å². The second-order valence-corrected chi connectivity index (χ2v) is 13.4. The molecule has 0 fully saturated rings. The molecule has 0 radical (unpaired) electrons. The zero-order valence-electron chi connectivity index (χ0n) is 27.4. The normalized spacial score (nSPS) is 12.1. The summed E-state index contributed by atoms with van der Waals surface area (Å²) in [7, 11) is 0. The number of fused-ring (bicyclic) bond motifs is 10. The van der Waals surface area contributed by atoms with Gasteiger partial charge < -0.3 is 4.42 Å². The van der Waals surface area contributed by atoms with Crippen molar-refractivity contribution in [3.8, 4) is 23.1 Å². The van der Waals surface area contributed by atoms with E-state index >= 15 is 0 Å². The van der Waals surface area contributed by atoms with E-state index in [9.17, 15) is 5.26 Å². The van der Waals surface area contributed by atoms with Crippen molar-refractivity contribution < 1.29 is 4.42 Å². The number of furan rings is 1. The van der Waals surface area contributed by atoms with Gasteiger partial charge >= 0.3 is 0 Å². The molecule has 4 heteroatoms. The van der Waals surface area contributed by atoms with Gasteiger partial charge in [-0.25, -0.2) is 4.98 Å². The minimum Gasteiger partial charge on any atom is -0.455 e. The molecule has 9 aromatic rings. The number of hydrogen-bond donors (Lipinski definition) is 0. The van der Waals surface area contributed by atoms with Crippen molar-refractivity contribution in [3.63, 3.8) is 0 Å². The molecule has 9 rings (SSSR count). The second kappa shape index (κ2) is 10.6. The first kappa shape index (κ1) is 28.3. The molecule has 0 N–H and O–H groups in total. The second-order valence-electron chi connectivity index (χ2n) is 13.4. The minimum absolute atomic E-state index is 0.214. The Morgan fingerprint density at radius 1 is 0.646 bits per heavy atom. The largest absolute Gasteiger partial charge is 0.455 e. The molecule has 0 unspecified atom stereocenters. The first-order valence-corrected chi connectivity index (χ1v) is 16.7. The fourth-order valence-electron chi connectivity index (χ4n) is 7.84. The van der Waals surface area contributed by atoms with E-state index in [0.29, 0.717) is 11.1 Å². The highest BCUT2D eigenvalue weighted by Crippen LogP contribution is 2.47. The maximum atomic E-state index is 9.58. The van der Waals surface area contributed by atoms with Crippen LogP contribution in [0.2, 0.25) is 0 Å². The van der Waals surface area contributed by atoms with Crippen LogP contribution >= 0.6 is 0 Å². The van der Waals surface area contributed by atoms with Gasteiger partial charge in [-0.15, -0.1) is 0 Å². The molecule has 0 spiro atoms. The van der Waals surface area contributed by atoms with Crippen LogP contribution in [0.5, 0.6) is 0 Å². The van der Waals surface area contributed by atoms with Gasteiger partial charge in [0.1, 0.15) is 17.0 Å². The van der Waals surface area contributed by atoms with E-state index in [4.69, 9.17) is 9.40 Å². The Balaban J connectivity index is 1.49. The summed E-state index contributed by atoms with van der Waals surface area (Å²) >= 11 is 0. The molecular weight excluding hydrogens is 587 g/mol. The number of hydrogen-bond acceptors (Lipinski definition) is 3. The number of nitrogens with zero attached hydrogens (tertiary/aromatic N) is 3. The molecule has 0 aliphatic rings. The van der Waals surface area contributed by atoms with Crippen LogP contribution in [0.4, 0.5) is 0 Å². The summed E-state index contributed by atoms with van der Waals surface area (Å²) in [5.74, 6) is 1.30. The third kappa shape index (κ3) is 3.98. The van der Waals surface area contributed by atoms with Crippen LogP contribution in [-0.2, 0) is 0 Å². The molecule has 0 atom stereocenters. The van der Waals surface area contributed by atoms with Crippen molar-refractivity contribution in [2.24, 2.45) is 0 Å². The standard InChI is InChI=1S/C44H33N3O/c1-25(2)35-23-36-30-14-6-5-12-28(30)29-13-7-8-15-32(29)41(36)40(26(3)4)42(35)47-38-19-10-9-18-37(38)46-44(47)34-17-11-16-33-31-21-20-27(24-45)22-39(31)48-43(33)34/h5-23,25-26H,1-4H3. The Morgan fingerprint density at radius 2 is 1.31 bits per heavy atom. The summed E-state index contributed by atoms with van der Waals surface area (Å²) in [5, 5.41) is 19.3. The maximum Gasteiger partial charge on any atom is 0.149 e. The summed E-state index contributed by atoms with van der Waals surface area (Å²) in [4.78, 5) is 5.36. The van der Waals surface area contributed by atoms with E-state index < -0.39 is 0 Å². The van der Waals surface area contributed by atoms with Crippen LogP contribution in [0.25, 0.3) is 82.4 Å². The van der Waals surface area contributed by atoms with Crippen LogP contribution in [0.15, 0.2) is 120 Å². The van der Waals surface area contributed by atoms with Gasteiger partial charge in [0.15, 0.2) is 0 Å². The lowest BCUT2D eigenvalue weighted by atomic mass is 9.83. The van der Waals surface area contributed by atoms with Gasteiger partial charge in [-0.05, 0) is 97.7 Å². The highest BCUT2D eigenvalue weighted by atomic mass is 16.3. The number of benzene rings is 7. The van der Waals surface area contributed by atoms with Crippen LogP contribution in [0.3, 0.4) is 0 Å². The van der Waals surface area contributed by atoms with Crippen molar-refractivity contribution in [3.05, 3.63) is 132 Å². The molecule has 7 aromatic carbocycles. The first-order valence-electron chi connectivity index (χ1n) is 16.7. The highest BCUT2D eigenvalue weighted by molar-refractivity contribution is 6.27. The molecule has 4 nitrogen and oxygen atoms in total. The number of rotatable bonds is 4. The van der Waals surface area contributed by atoms with Crippen LogP contribution in [0, 0.1) is 11.3 Å². The maximum absolute atomic E-state index is 9.58. The minimum atomic E-state index is 0.214. The summed E-state index contributed by atoms with van der Waals surface area (Å²) in [6.07, 6.45) is 0. The molecular formula is C44H33N3O. The fourth-order valence-corrected chi connectivity index (χ4v) is 7.84. The number of nitriles is 1. The Hall–Kier alpha value is -5.92. The molecule has 0 bridgehead atoms. The van der Waals surface area contributed by atoms with Crippen molar-refractivity contribution in [1.82, 2.24) is 9.55 Å². The molecule has 0 saturated carbocycles. The molecule has 48 heavy (non-hydrogen) atoms. The van der Waals surface area contributed by atoms with Gasteiger partial charge in [-0.2, -0.15) is 5.26 Å². The summed E-state index contributed by atoms with van der Waals surface area (Å²) in [6.45, 7) is 9.23. The van der Waals surface area contributed by atoms with E-state index in [1.165, 1.54) is 49.1 Å². The molecule has 0 aliphatic heterocycles. The van der Waals surface area contributed by atoms with Crippen LogP contribution < -0.4 is 0 Å². The molecule has 0 aliphatic carbocycles. The van der Waals surface area contributed by atoms with Crippen molar-refractivity contribution in [2.45, 2.75) is 39.5 Å². The quantitative estimate of drug-likeness (QED) is 0.184.